The number of amidine groups is 1. The van der Waals surface area contributed by atoms with Crippen LogP contribution in [-0.2, 0) is 4.79 Å². The van der Waals surface area contributed by atoms with Crippen molar-refractivity contribution < 1.29 is 9.53 Å². The zero-order valence-electron chi connectivity index (χ0n) is 22.2. The van der Waals surface area contributed by atoms with E-state index in [9.17, 15) is 4.79 Å². The molecule has 6 N–H and O–H groups in total. The number of nitrogens with two attached hydrogens (primary N) is 2. The number of rotatable bonds is 9. The number of aromatic nitrogens is 1. The van der Waals surface area contributed by atoms with Crippen LogP contribution in [0.4, 0.5) is 11.4 Å². The topological polar surface area (TPSA) is 130 Å². The van der Waals surface area contributed by atoms with Crippen molar-refractivity contribution in [2.24, 2.45) is 5.73 Å². The molecule has 39 heavy (non-hydrogen) atoms. The fraction of sp³-hybridized carbons (Fsp3) is 0.129. The van der Waals surface area contributed by atoms with Gasteiger partial charge in [0.25, 0.3) is 0 Å². The van der Waals surface area contributed by atoms with Gasteiger partial charge in [-0.3, -0.25) is 10.2 Å². The lowest BCUT2D eigenvalue weighted by Crippen LogP contribution is -2.15. The molecule has 0 aliphatic carbocycles. The van der Waals surface area contributed by atoms with Crippen molar-refractivity contribution >= 4 is 23.1 Å². The molecular formula is C31H32N6O2. The first-order chi connectivity index (χ1) is 18.7. The average Bonchev–Trinajstić information content (AvgIpc) is 2.89. The highest BCUT2D eigenvalue weighted by molar-refractivity contribution is 6.09. The number of hydrogen-bond acceptors (Lipinski definition) is 6. The molecule has 0 bridgehead atoms. The smallest absolute Gasteiger partial charge is 0.248 e. The quantitative estimate of drug-likeness (QED) is 0.101. The molecule has 0 aliphatic rings. The van der Waals surface area contributed by atoms with Gasteiger partial charge in [0.05, 0.1) is 0 Å². The zero-order chi connectivity index (χ0) is 27.9. The SMILES string of the molecule is Cc1cccc(Oc2ccc(-c3c(-c4ccc(NC(=O)/C=C/CN(C)C)cc4)ccc(N)c3C(=N)N)cc2)n1. The first-order valence-electron chi connectivity index (χ1n) is 12.4. The molecular weight excluding hydrogens is 488 g/mol. The summed E-state index contributed by atoms with van der Waals surface area (Å²) in [6.45, 7) is 2.59. The molecule has 4 rings (SSSR count). The second-order valence-electron chi connectivity index (χ2n) is 9.34. The van der Waals surface area contributed by atoms with E-state index >= 15 is 0 Å². The standard InChI is InChI=1S/C31H32N6O2/c1-20-6-4-8-28(35-20)39-24-15-11-22(12-16-24)29-25(17-18-26(32)30(29)31(33)34)21-9-13-23(14-10-21)36-27(38)7-5-19-37(2)3/h4-18H,19,32H2,1-3H3,(H3,33,34)(H,36,38)/b7-5+. The van der Waals surface area contributed by atoms with Gasteiger partial charge in [0.1, 0.15) is 11.6 Å². The minimum atomic E-state index is -0.195. The molecule has 1 aromatic heterocycles. The Morgan fingerprint density at radius 2 is 1.69 bits per heavy atom. The van der Waals surface area contributed by atoms with Gasteiger partial charge in [-0.05, 0) is 74.1 Å². The number of amides is 1. The molecule has 8 heteroatoms. The number of hydrogen-bond donors (Lipinski definition) is 4. The molecule has 0 fully saturated rings. The van der Waals surface area contributed by atoms with Gasteiger partial charge in [-0.1, -0.05) is 42.5 Å². The van der Waals surface area contributed by atoms with E-state index in [0.717, 1.165) is 27.9 Å². The van der Waals surface area contributed by atoms with Gasteiger partial charge in [-0.2, -0.15) is 0 Å². The summed E-state index contributed by atoms with van der Waals surface area (Å²) in [6, 6.07) is 24.3. The second kappa shape index (κ2) is 12.1. The number of benzene rings is 3. The van der Waals surface area contributed by atoms with Crippen molar-refractivity contribution in [3.8, 4) is 33.9 Å². The predicted molar refractivity (Wildman–Crippen MR) is 158 cm³/mol. The third kappa shape index (κ3) is 6.88. The van der Waals surface area contributed by atoms with Gasteiger partial charge in [0, 0.05) is 46.9 Å². The summed E-state index contributed by atoms with van der Waals surface area (Å²) >= 11 is 0. The fourth-order valence-electron chi connectivity index (χ4n) is 4.12. The van der Waals surface area contributed by atoms with E-state index in [4.69, 9.17) is 21.6 Å². The van der Waals surface area contributed by atoms with Crippen LogP contribution in [0.5, 0.6) is 11.6 Å². The molecule has 4 aromatic rings. The number of likely N-dealkylation sites (N-methyl/N-ethyl adjacent to an activating group) is 1. The van der Waals surface area contributed by atoms with Crippen molar-refractivity contribution in [1.29, 1.82) is 5.41 Å². The van der Waals surface area contributed by atoms with Crippen LogP contribution in [0.25, 0.3) is 22.3 Å². The summed E-state index contributed by atoms with van der Waals surface area (Å²) < 4.78 is 5.90. The Labute approximate surface area is 228 Å². The third-order valence-corrected chi connectivity index (χ3v) is 5.94. The zero-order valence-corrected chi connectivity index (χ0v) is 22.2. The second-order valence-corrected chi connectivity index (χ2v) is 9.34. The highest BCUT2D eigenvalue weighted by Gasteiger charge is 2.18. The lowest BCUT2D eigenvalue weighted by atomic mass is 9.89. The first kappa shape index (κ1) is 27.1. The van der Waals surface area contributed by atoms with Crippen molar-refractivity contribution in [1.82, 2.24) is 9.88 Å². The summed E-state index contributed by atoms with van der Waals surface area (Å²) in [5, 5.41) is 11.1. The molecule has 8 nitrogen and oxygen atoms in total. The third-order valence-electron chi connectivity index (χ3n) is 5.94. The highest BCUT2D eigenvalue weighted by atomic mass is 16.5. The van der Waals surface area contributed by atoms with Gasteiger partial charge in [0.15, 0.2) is 0 Å². The molecule has 0 unspecified atom stereocenters. The maximum Gasteiger partial charge on any atom is 0.248 e. The van der Waals surface area contributed by atoms with Crippen molar-refractivity contribution in [2.45, 2.75) is 6.92 Å². The van der Waals surface area contributed by atoms with Crippen LogP contribution >= 0.6 is 0 Å². The maximum atomic E-state index is 12.2. The number of pyridine rings is 1. The van der Waals surface area contributed by atoms with E-state index in [1.807, 2.05) is 92.6 Å². The van der Waals surface area contributed by atoms with Gasteiger partial charge in [-0.15, -0.1) is 0 Å². The van der Waals surface area contributed by atoms with E-state index < -0.39 is 0 Å². The lowest BCUT2D eigenvalue weighted by Gasteiger charge is -2.18. The number of carbonyl (C=O) groups is 1. The van der Waals surface area contributed by atoms with E-state index in [1.54, 1.807) is 18.2 Å². The Hall–Kier alpha value is -4.95. The molecule has 0 saturated carbocycles. The molecule has 1 heterocycles. The van der Waals surface area contributed by atoms with Crippen molar-refractivity contribution in [3.05, 3.63) is 102 Å². The number of nitrogens with zero attached hydrogens (tertiary/aromatic N) is 2. The molecule has 0 radical (unpaired) electrons. The van der Waals surface area contributed by atoms with E-state index in [0.29, 0.717) is 35.1 Å². The van der Waals surface area contributed by atoms with E-state index in [-0.39, 0.29) is 11.7 Å². The minimum absolute atomic E-state index is 0.123. The fourth-order valence-corrected chi connectivity index (χ4v) is 4.12. The first-order valence-corrected chi connectivity index (χ1v) is 12.4. The number of aryl methyl sites for hydroxylation is 1. The Morgan fingerprint density at radius 1 is 1.00 bits per heavy atom. The minimum Gasteiger partial charge on any atom is -0.439 e. The summed E-state index contributed by atoms with van der Waals surface area (Å²) in [5.74, 6) is 0.824. The van der Waals surface area contributed by atoms with Gasteiger partial charge in [-0.25, -0.2) is 4.98 Å². The van der Waals surface area contributed by atoms with Crippen LogP contribution in [0, 0.1) is 12.3 Å². The molecule has 0 spiro atoms. The molecule has 0 saturated heterocycles. The largest absolute Gasteiger partial charge is 0.439 e. The van der Waals surface area contributed by atoms with Crippen LogP contribution in [-0.4, -0.2) is 42.3 Å². The predicted octanol–water partition coefficient (Wildman–Crippen LogP) is 5.44. The Morgan fingerprint density at radius 3 is 2.33 bits per heavy atom. The summed E-state index contributed by atoms with van der Waals surface area (Å²) in [4.78, 5) is 18.6. The van der Waals surface area contributed by atoms with Crippen molar-refractivity contribution in [3.63, 3.8) is 0 Å². The Kier molecular flexibility index (Phi) is 8.38. The van der Waals surface area contributed by atoms with Crippen LogP contribution in [0.15, 0.2) is 91.0 Å². The lowest BCUT2D eigenvalue weighted by molar-refractivity contribution is -0.111. The van der Waals surface area contributed by atoms with Crippen LogP contribution in [0.2, 0.25) is 0 Å². The van der Waals surface area contributed by atoms with Crippen LogP contribution < -0.4 is 21.5 Å². The summed E-state index contributed by atoms with van der Waals surface area (Å²) in [7, 11) is 3.88. The number of nitrogen functional groups attached to an aromatic ring is 2. The number of carbonyl (C=O) groups excluding carboxylic acids is 1. The maximum absolute atomic E-state index is 12.2. The average molecular weight is 521 g/mol. The number of nitrogens with one attached hydrogen (secondary N) is 2. The van der Waals surface area contributed by atoms with Gasteiger partial charge < -0.3 is 26.4 Å². The van der Waals surface area contributed by atoms with E-state index in [1.165, 1.54) is 6.08 Å². The highest BCUT2D eigenvalue weighted by Crippen LogP contribution is 2.39. The summed E-state index contributed by atoms with van der Waals surface area (Å²) in [6.07, 6.45) is 3.33. The Balaban J connectivity index is 1.65. The molecule has 1 amide bonds. The van der Waals surface area contributed by atoms with Crippen molar-refractivity contribution in [2.75, 3.05) is 31.7 Å². The summed E-state index contributed by atoms with van der Waals surface area (Å²) in [5.41, 5.74) is 18.0. The normalized spacial score (nSPS) is 11.1. The van der Waals surface area contributed by atoms with Gasteiger partial charge in [0.2, 0.25) is 11.8 Å². The number of ether oxygens (including phenoxy) is 1. The van der Waals surface area contributed by atoms with Crippen LogP contribution in [0.1, 0.15) is 11.3 Å². The van der Waals surface area contributed by atoms with Gasteiger partial charge >= 0.3 is 0 Å². The number of anilines is 2. The molecule has 198 valence electrons. The monoisotopic (exact) mass is 520 g/mol. The molecule has 0 atom stereocenters. The molecule has 0 aliphatic heterocycles. The van der Waals surface area contributed by atoms with Crippen LogP contribution in [0.3, 0.4) is 0 Å². The van der Waals surface area contributed by atoms with E-state index in [2.05, 4.69) is 10.3 Å². The Bertz CT molecular complexity index is 1510. The molecule has 3 aromatic carbocycles.